The van der Waals surface area contributed by atoms with Gasteiger partial charge in [-0.1, -0.05) is 31.5 Å². The highest BCUT2D eigenvalue weighted by Gasteiger charge is 2.08. The highest BCUT2D eigenvalue weighted by molar-refractivity contribution is 5.48. The van der Waals surface area contributed by atoms with Crippen LogP contribution in [0.1, 0.15) is 36.2 Å². The van der Waals surface area contributed by atoms with E-state index in [9.17, 15) is 0 Å². The molecule has 0 N–H and O–H groups in total. The van der Waals surface area contributed by atoms with Crippen molar-refractivity contribution in [2.75, 3.05) is 0 Å². The van der Waals surface area contributed by atoms with Gasteiger partial charge in [0.1, 0.15) is 0 Å². The number of nitrogens with zero attached hydrogens (tertiary/aromatic N) is 2. The molecule has 0 aliphatic carbocycles. The molecule has 0 amide bonds. The summed E-state index contributed by atoms with van der Waals surface area (Å²) in [7, 11) is 0. The van der Waals surface area contributed by atoms with Crippen LogP contribution in [-0.2, 0) is 6.42 Å². The molecule has 2 aromatic rings. The minimum absolute atomic E-state index is 0.647. The van der Waals surface area contributed by atoms with Gasteiger partial charge in [0.05, 0.1) is 11.4 Å². The molecule has 18 heavy (non-hydrogen) atoms. The predicted octanol–water partition coefficient (Wildman–Crippen LogP) is 4.00. The van der Waals surface area contributed by atoms with Gasteiger partial charge in [0.15, 0.2) is 0 Å². The number of rotatable bonds is 3. The van der Waals surface area contributed by atoms with E-state index >= 15 is 0 Å². The molecule has 0 unspecified atom stereocenters. The monoisotopic (exact) mass is 242 g/mol. The summed E-state index contributed by atoms with van der Waals surface area (Å²) in [6.07, 6.45) is 3.11. The molecule has 0 spiro atoms. The normalized spacial score (nSPS) is 11.2. The summed E-state index contributed by atoms with van der Waals surface area (Å²) in [5, 5.41) is 4.69. The van der Waals surface area contributed by atoms with E-state index in [0.717, 1.165) is 6.42 Å². The Labute approximate surface area is 110 Å². The van der Waals surface area contributed by atoms with Gasteiger partial charge in [-0.25, -0.2) is 4.68 Å². The Morgan fingerprint density at radius 3 is 2.28 bits per heavy atom. The van der Waals surface area contributed by atoms with Crippen LogP contribution in [0.3, 0.4) is 0 Å². The molecule has 0 atom stereocenters. The number of aryl methyl sites for hydroxylation is 3. The maximum Gasteiger partial charge on any atom is 0.0704 e. The summed E-state index contributed by atoms with van der Waals surface area (Å²) in [5.74, 6) is 0.647. The first-order valence-corrected chi connectivity index (χ1v) is 6.60. The lowest BCUT2D eigenvalue weighted by atomic mass is 10.1. The molecule has 0 bridgehead atoms. The molecule has 1 aromatic heterocycles. The second-order valence-corrected chi connectivity index (χ2v) is 5.60. The van der Waals surface area contributed by atoms with Gasteiger partial charge in [0, 0.05) is 6.20 Å². The molecule has 0 radical (unpaired) electrons. The van der Waals surface area contributed by atoms with Crippen LogP contribution in [0.25, 0.3) is 5.69 Å². The lowest BCUT2D eigenvalue weighted by Gasteiger charge is -2.11. The Bertz CT molecular complexity index is 527. The number of benzene rings is 1. The molecule has 0 saturated carbocycles. The molecule has 2 rings (SSSR count). The van der Waals surface area contributed by atoms with E-state index in [4.69, 9.17) is 0 Å². The second-order valence-electron chi connectivity index (χ2n) is 5.60. The smallest absolute Gasteiger partial charge is 0.0704 e. The minimum atomic E-state index is 0.647. The summed E-state index contributed by atoms with van der Waals surface area (Å²) >= 11 is 0. The quantitative estimate of drug-likeness (QED) is 0.795. The lowest BCUT2D eigenvalue weighted by Crippen LogP contribution is -2.03. The van der Waals surface area contributed by atoms with E-state index in [0.29, 0.717) is 5.92 Å². The fourth-order valence-electron chi connectivity index (χ4n) is 2.55. The van der Waals surface area contributed by atoms with Gasteiger partial charge in [-0.2, -0.15) is 5.10 Å². The first kappa shape index (κ1) is 12.9. The Hall–Kier alpha value is -1.57. The maximum absolute atomic E-state index is 4.69. The SMILES string of the molecule is Cc1cc(C)c(-n2ccc(CC(C)C)n2)c(C)c1. The van der Waals surface area contributed by atoms with Crippen LogP contribution in [-0.4, -0.2) is 9.78 Å². The molecule has 0 fully saturated rings. The van der Waals surface area contributed by atoms with Gasteiger partial charge in [-0.05, 0) is 50.3 Å². The van der Waals surface area contributed by atoms with Crippen molar-refractivity contribution >= 4 is 0 Å². The highest BCUT2D eigenvalue weighted by Crippen LogP contribution is 2.20. The molecule has 2 nitrogen and oxygen atoms in total. The van der Waals surface area contributed by atoms with Crippen molar-refractivity contribution < 1.29 is 0 Å². The van der Waals surface area contributed by atoms with Crippen LogP contribution >= 0.6 is 0 Å². The van der Waals surface area contributed by atoms with Gasteiger partial charge in [-0.3, -0.25) is 0 Å². The molecule has 1 heterocycles. The summed E-state index contributed by atoms with van der Waals surface area (Å²) < 4.78 is 2.02. The van der Waals surface area contributed by atoms with Crippen LogP contribution in [0, 0.1) is 26.7 Å². The van der Waals surface area contributed by atoms with Crippen molar-refractivity contribution in [3.63, 3.8) is 0 Å². The zero-order valence-corrected chi connectivity index (χ0v) is 12.0. The molecule has 1 aromatic carbocycles. The molecule has 96 valence electrons. The van der Waals surface area contributed by atoms with Gasteiger partial charge in [0.2, 0.25) is 0 Å². The zero-order valence-electron chi connectivity index (χ0n) is 12.0. The molecular weight excluding hydrogens is 220 g/mol. The zero-order chi connectivity index (χ0) is 13.3. The molecule has 0 saturated heterocycles. The van der Waals surface area contributed by atoms with Crippen LogP contribution in [0.4, 0.5) is 0 Å². The van der Waals surface area contributed by atoms with Crippen LogP contribution in [0.15, 0.2) is 24.4 Å². The molecular formula is C16H22N2. The van der Waals surface area contributed by atoms with E-state index in [1.165, 1.54) is 28.1 Å². The average Bonchev–Trinajstić information content (AvgIpc) is 2.63. The number of hydrogen-bond donors (Lipinski definition) is 0. The van der Waals surface area contributed by atoms with E-state index in [2.05, 4.69) is 64.1 Å². The fourth-order valence-corrected chi connectivity index (χ4v) is 2.55. The minimum Gasteiger partial charge on any atom is -0.240 e. The molecule has 2 heteroatoms. The third-order valence-electron chi connectivity index (χ3n) is 3.13. The highest BCUT2D eigenvalue weighted by atomic mass is 15.3. The van der Waals surface area contributed by atoms with E-state index in [-0.39, 0.29) is 0 Å². The first-order chi connectivity index (χ1) is 8.47. The fraction of sp³-hybridized carbons (Fsp3) is 0.438. The number of aromatic nitrogens is 2. The average molecular weight is 242 g/mol. The van der Waals surface area contributed by atoms with Crippen molar-refractivity contribution in [2.45, 2.75) is 41.0 Å². The topological polar surface area (TPSA) is 17.8 Å². The van der Waals surface area contributed by atoms with Crippen molar-refractivity contribution in [3.05, 3.63) is 46.8 Å². The van der Waals surface area contributed by atoms with Gasteiger partial charge in [0.25, 0.3) is 0 Å². The summed E-state index contributed by atoms with van der Waals surface area (Å²) in [5.41, 5.74) is 6.27. The van der Waals surface area contributed by atoms with E-state index in [1.807, 2.05) is 4.68 Å². The van der Waals surface area contributed by atoms with Gasteiger partial charge in [-0.15, -0.1) is 0 Å². The van der Waals surface area contributed by atoms with Crippen LogP contribution < -0.4 is 0 Å². The lowest BCUT2D eigenvalue weighted by molar-refractivity contribution is 0.628. The standard InChI is InChI=1S/C16H22N2/c1-11(2)8-15-6-7-18(17-15)16-13(4)9-12(3)10-14(16)5/h6-7,9-11H,8H2,1-5H3. The summed E-state index contributed by atoms with van der Waals surface area (Å²) in [6.45, 7) is 10.9. The van der Waals surface area contributed by atoms with Crippen molar-refractivity contribution in [1.82, 2.24) is 9.78 Å². The Balaban J connectivity index is 2.40. The van der Waals surface area contributed by atoms with Crippen molar-refractivity contribution in [2.24, 2.45) is 5.92 Å². The van der Waals surface area contributed by atoms with Crippen molar-refractivity contribution in [1.29, 1.82) is 0 Å². The van der Waals surface area contributed by atoms with Crippen LogP contribution in [0.2, 0.25) is 0 Å². The van der Waals surface area contributed by atoms with Crippen LogP contribution in [0.5, 0.6) is 0 Å². The third-order valence-corrected chi connectivity index (χ3v) is 3.13. The summed E-state index contributed by atoms with van der Waals surface area (Å²) in [6, 6.07) is 6.55. The molecule has 0 aliphatic rings. The first-order valence-electron chi connectivity index (χ1n) is 6.60. The van der Waals surface area contributed by atoms with Gasteiger partial charge < -0.3 is 0 Å². The Morgan fingerprint density at radius 1 is 1.11 bits per heavy atom. The summed E-state index contributed by atoms with van der Waals surface area (Å²) in [4.78, 5) is 0. The largest absolute Gasteiger partial charge is 0.240 e. The third kappa shape index (κ3) is 2.63. The van der Waals surface area contributed by atoms with Crippen molar-refractivity contribution in [3.8, 4) is 5.69 Å². The second kappa shape index (κ2) is 4.97. The Morgan fingerprint density at radius 2 is 1.72 bits per heavy atom. The Kier molecular flexibility index (Phi) is 3.55. The van der Waals surface area contributed by atoms with E-state index in [1.54, 1.807) is 0 Å². The van der Waals surface area contributed by atoms with Gasteiger partial charge >= 0.3 is 0 Å². The predicted molar refractivity (Wildman–Crippen MR) is 76.3 cm³/mol. The maximum atomic E-state index is 4.69. The molecule has 0 aliphatic heterocycles. The number of hydrogen-bond acceptors (Lipinski definition) is 1. The van der Waals surface area contributed by atoms with E-state index < -0.39 is 0 Å².